The summed E-state index contributed by atoms with van der Waals surface area (Å²) in [6, 6.07) is 9.86. The van der Waals surface area contributed by atoms with Gasteiger partial charge in [-0.25, -0.2) is 0 Å². The largest absolute Gasteiger partial charge is 0.355 e. The van der Waals surface area contributed by atoms with Gasteiger partial charge in [0.05, 0.1) is 6.42 Å². The topological polar surface area (TPSA) is 49.9 Å². The number of aromatic amines is 1. The summed E-state index contributed by atoms with van der Waals surface area (Å²) in [4.78, 5) is 25.2. The van der Waals surface area contributed by atoms with Crippen molar-refractivity contribution in [2.75, 3.05) is 0 Å². The minimum absolute atomic E-state index is 0.0310. The van der Waals surface area contributed by atoms with Crippen molar-refractivity contribution in [2.45, 2.75) is 13.3 Å². The van der Waals surface area contributed by atoms with Crippen LogP contribution in [0.4, 0.5) is 0 Å². The van der Waals surface area contributed by atoms with Gasteiger partial charge in [0.25, 0.3) is 0 Å². The molecule has 3 heteroatoms. The van der Waals surface area contributed by atoms with Crippen LogP contribution in [0.1, 0.15) is 19.0 Å². The number of rotatable bonds is 4. The maximum atomic E-state index is 11.3. The SMILES string of the molecule is CC(=O)CC(=O)/C=C/c1cc2ccccc2[nH]1. The zero-order chi connectivity index (χ0) is 12.3. The van der Waals surface area contributed by atoms with Crippen LogP contribution in [0.2, 0.25) is 0 Å². The molecule has 86 valence electrons. The second-order valence-corrected chi connectivity index (χ2v) is 3.99. The van der Waals surface area contributed by atoms with Crippen LogP contribution in [0.25, 0.3) is 17.0 Å². The van der Waals surface area contributed by atoms with Gasteiger partial charge in [-0.2, -0.15) is 0 Å². The number of aromatic nitrogens is 1. The Morgan fingerprint density at radius 1 is 1.29 bits per heavy atom. The molecule has 3 nitrogen and oxygen atoms in total. The molecule has 0 spiro atoms. The summed E-state index contributed by atoms with van der Waals surface area (Å²) in [7, 11) is 0. The quantitative estimate of drug-likeness (QED) is 0.645. The van der Waals surface area contributed by atoms with Gasteiger partial charge in [-0.15, -0.1) is 0 Å². The van der Waals surface area contributed by atoms with E-state index in [1.54, 1.807) is 6.08 Å². The summed E-state index contributed by atoms with van der Waals surface area (Å²) in [5.74, 6) is -0.285. The maximum absolute atomic E-state index is 11.3. The van der Waals surface area contributed by atoms with Crippen molar-refractivity contribution in [3.8, 4) is 0 Å². The Balaban J connectivity index is 2.15. The first-order chi connectivity index (χ1) is 8.15. The fourth-order valence-corrected chi connectivity index (χ4v) is 1.67. The summed E-state index contributed by atoms with van der Waals surface area (Å²) < 4.78 is 0. The van der Waals surface area contributed by atoms with Crippen molar-refractivity contribution in [1.29, 1.82) is 0 Å². The number of H-pyrrole nitrogens is 1. The number of carbonyl (C=O) groups is 2. The highest BCUT2D eigenvalue weighted by atomic mass is 16.1. The molecule has 0 atom stereocenters. The normalized spacial score (nSPS) is 11.1. The average molecular weight is 227 g/mol. The molecular weight excluding hydrogens is 214 g/mol. The van der Waals surface area contributed by atoms with E-state index in [1.807, 2.05) is 30.3 Å². The molecule has 0 fully saturated rings. The number of nitrogens with one attached hydrogen (secondary N) is 1. The van der Waals surface area contributed by atoms with Gasteiger partial charge >= 0.3 is 0 Å². The molecule has 0 saturated heterocycles. The predicted molar refractivity (Wildman–Crippen MR) is 67.6 cm³/mol. The Hall–Kier alpha value is -2.16. The number of ketones is 2. The monoisotopic (exact) mass is 227 g/mol. The van der Waals surface area contributed by atoms with Crippen LogP contribution >= 0.6 is 0 Å². The first-order valence-electron chi connectivity index (χ1n) is 5.43. The van der Waals surface area contributed by atoms with E-state index in [9.17, 15) is 9.59 Å². The summed E-state index contributed by atoms with van der Waals surface area (Å²) in [6.07, 6.45) is 3.11. The fourth-order valence-electron chi connectivity index (χ4n) is 1.67. The Kier molecular flexibility index (Phi) is 3.19. The number of allylic oxidation sites excluding steroid dienone is 1. The number of fused-ring (bicyclic) bond motifs is 1. The van der Waals surface area contributed by atoms with Crippen LogP contribution in [0, 0.1) is 0 Å². The molecule has 0 saturated carbocycles. The molecule has 1 heterocycles. The molecule has 17 heavy (non-hydrogen) atoms. The van der Waals surface area contributed by atoms with Crippen LogP contribution < -0.4 is 0 Å². The molecular formula is C14H13NO2. The number of carbonyl (C=O) groups excluding carboxylic acids is 2. The third-order valence-corrected chi connectivity index (χ3v) is 2.42. The van der Waals surface area contributed by atoms with Gasteiger partial charge in [-0.05, 0) is 36.6 Å². The third-order valence-electron chi connectivity index (χ3n) is 2.42. The molecule has 0 bridgehead atoms. The van der Waals surface area contributed by atoms with Gasteiger partial charge in [0.2, 0.25) is 0 Å². The Labute approximate surface area is 99.1 Å². The van der Waals surface area contributed by atoms with E-state index in [1.165, 1.54) is 13.0 Å². The van der Waals surface area contributed by atoms with E-state index < -0.39 is 0 Å². The molecule has 0 aliphatic carbocycles. The lowest BCUT2D eigenvalue weighted by Crippen LogP contribution is -1.99. The van der Waals surface area contributed by atoms with Gasteiger partial charge in [0.1, 0.15) is 5.78 Å². The number of hydrogen-bond donors (Lipinski definition) is 1. The first kappa shape index (κ1) is 11.3. The standard InChI is InChI=1S/C14H13NO2/c1-10(16)8-13(17)7-6-12-9-11-4-2-3-5-14(11)15-12/h2-7,9,15H,8H2,1H3/b7-6+. The van der Waals surface area contributed by atoms with Crippen LogP contribution in [-0.2, 0) is 9.59 Å². The van der Waals surface area contributed by atoms with Gasteiger partial charge in [0, 0.05) is 11.2 Å². The Morgan fingerprint density at radius 2 is 2.06 bits per heavy atom. The molecule has 2 rings (SSSR count). The van der Waals surface area contributed by atoms with Crippen molar-refractivity contribution in [2.24, 2.45) is 0 Å². The van der Waals surface area contributed by atoms with Gasteiger partial charge < -0.3 is 4.98 Å². The van der Waals surface area contributed by atoms with Crippen LogP contribution in [-0.4, -0.2) is 16.6 Å². The molecule has 0 radical (unpaired) electrons. The molecule has 0 unspecified atom stereocenters. The van der Waals surface area contributed by atoms with E-state index in [0.717, 1.165) is 16.6 Å². The number of para-hydroxylation sites is 1. The zero-order valence-corrected chi connectivity index (χ0v) is 9.57. The zero-order valence-electron chi connectivity index (χ0n) is 9.57. The van der Waals surface area contributed by atoms with Gasteiger partial charge in [-0.1, -0.05) is 18.2 Å². The molecule has 0 aliphatic heterocycles. The minimum Gasteiger partial charge on any atom is -0.355 e. The van der Waals surface area contributed by atoms with E-state index in [4.69, 9.17) is 0 Å². The predicted octanol–water partition coefficient (Wildman–Crippen LogP) is 2.73. The highest BCUT2D eigenvalue weighted by Crippen LogP contribution is 2.15. The summed E-state index contributed by atoms with van der Waals surface area (Å²) in [5.41, 5.74) is 1.90. The molecule has 2 aromatic rings. The van der Waals surface area contributed by atoms with E-state index in [0.29, 0.717) is 0 Å². The molecule has 1 N–H and O–H groups in total. The van der Waals surface area contributed by atoms with Crippen LogP contribution in [0.5, 0.6) is 0 Å². The van der Waals surface area contributed by atoms with E-state index in [2.05, 4.69) is 4.98 Å². The molecule has 1 aromatic heterocycles. The first-order valence-corrected chi connectivity index (χ1v) is 5.43. The summed E-state index contributed by atoms with van der Waals surface area (Å²) in [6.45, 7) is 1.41. The van der Waals surface area contributed by atoms with Crippen molar-refractivity contribution in [3.63, 3.8) is 0 Å². The Bertz CT molecular complexity index is 560. The third kappa shape index (κ3) is 2.91. The maximum Gasteiger partial charge on any atom is 0.163 e. The number of hydrogen-bond acceptors (Lipinski definition) is 2. The lowest BCUT2D eigenvalue weighted by Gasteiger charge is -1.88. The van der Waals surface area contributed by atoms with E-state index >= 15 is 0 Å². The number of Topliss-reactive ketones (excluding diaryl/α,β-unsaturated/α-hetero) is 1. The van der Waals surface area contributed by atoms with Crippen LogP contribution in [0.3, 0.4) is 0 Å². The molecule has 0 amide bonds. The van der Waals surface area contributed by atoms with Crippen molar-refractivity contribution >= 4 is 28.5 Å². The van der Waals surface area contributed by atoms with E-state index in [-0.39, 0.29) is 18.0 Å². The summed E-state index contributed by atoms with van der Waals surface area (Å²) in [5, 5.41) is 1.10. The fraction of sp³-hybridized carbons (Fsp3) is 0.143. The minimum atomic E-state index is -0.170. The highest BCUT2D eigenvalue weighted by Gasteiger charge is 2.01. The second kappa shape index (κ2) is 4.78. The van der Waals surface area contributed by atoms with Gasteiger partial charge in [0.15, 0.2) is 5.78 Å². The second-order valence-electron chi connectivity index (χ2n) is 3.99. The Morgan fingerprint density at radius 3 is 2.76 bits per heavy atom. The lowest BCUT2D eigenvalue weighted by atomic mass is 10.2. The molecule has 0 aliphatic rings. The molecule has 1 aromatic carbocycles. The van der Waals surface area contributed by atoms with Crippen LogP contribution in [0.15, 0.2) is 36.4 Å². The van der Waals surface area contributed by atoms with Crippen molar-refractivity contribution in [3.05, 3.63) is 42.1 Å². The highest BCUT2D eigenvalue weighted by molar-refractivity contribution is 6.05. The lowest BCUT2D eigenvalue weighted by molar-refractivity contribution is -0.123. The van der Waals surface area contributed by atoms with Crippen molar-refractivity contribution in [1.82, 2.24) is 4.98 Å². The summed E-state index contributed by atoms with van der Waals surface area (Å²) >= 11 is 0. The average Bonchev–Trinajstić information content (AvgIpc) is 2.68. The number of benzene rings is 1. The van der Waals surface area contributed by atoms with Gasteiger partial charge in [-0.3, -0.25) is 9.59 Å². The van der Waals surface area contributed by atoms with Crippen molar-refractivity contribution < 1.29 is 9.59 Å². The smallest absolute Gasteiger partial charge is 0.163 e.